The molecule has 90 valence electrons. The van der Waals surface area contributed by atoms with Gasteiger partial charge in [-0.15, -0.1) is 0 Å². The molecule has 0 aromatic heterocycles. The number of halogens is 1. The van der Waals surface area contributed by atoms with Crippen LogP contribution in [-0.2, 0) is 0 Å². The highest BCUT2D eigenvalue weighted by Gasteiger charge is 2.06. The summed E-state index contributed by atoms with van der Waals surface area (Å²) in [6, 6.07) is 7.46. The lowest BCUT2D eigenvalue weighted by Gasteiger charge is -2.24. The summed E-state index contributed by atoms with van der Waals surface area (Å²) in [6.07, 6.45) is 7.39. The van der Waals surface area contributed by atoms with Crippen LogP contribution in [0.15, 0.2) is 41.0 Å². The number of nitrogens with zero attached hydrogens (tertiary/aromatic N) is 1. The molecule has 17 heavy (non-hydrogen) atoms. The van der Waals surface area contributed by atoms with Gasteiger partial charge in [0.05, 0.1) is 0 Å². The van der Waals surface area contributed by atoms with E-state index < -0.39 is 0 Å². The topological polar surface area (TPSA) is 20.3 Å². The molecule has 0 radical (unpaired) electrons. The Morgan fingerprint density at radius 3 is 2.41 bits per heavy atom. The van der Waals surface area contributed by atoms with Gasteiger partial charge in [-0.1, -0.05) is 15.9 Å². The van der Waals surface area contributed by atoms with Gasteiger partial charge in [-0.2, -0.15) is 0 Å². The van der Waals surface area contributed by atoms with Gasteiger partial charge in [0.2, 0.25) is 0 Å². The van der Waals surface area contributed by atoms with E-state index >= 15 is 0 Å². The summed E-state index contributed by atoms with van der Waals surface area (Å²) in [4.78, 5) is 14.1. The van der Waals surface area contributed by atoms with Crippen molar-refractivity contribution >= 4 is 21.7 Å². The molecule has 1 fully saturated rings. The molecule has 2 nitrogen and oxygen atoms in total. The third-order valence-electron chi connectivity index (χ3n) is 2.96. The van der Waals surface area contributed by atoms with Crippen molar-refractivity contribution in [2.45, 2.75) is 19.3 Å². The number of carbonyl (C=O) groups excluding carboxylic acids is 1. The molecule has 1 saturated heterocycles. The fourth-order valence-corrected chi connectivity index (χ4v) is 2.22. The zero-order chi connectivity index (χ0) is 12.1. The van der Waals surface area contributed by atoms with Gasteiger partial charge in [0.15, 0.2) is 5.78 Å². The second-order valence-electron chi connectivity index (χ2n) is 4.28. The number of benzene rings is 1. The van der Waals surface area contributed by atoms with E-state index in [0.29, 0.717) is 0 Å². The minimum atomic E-state index is 0.0723. The Hall–Kier alpha value is -1.09. The largest absolute Gasteiger partial charge is 0.377 e. The maximum Gasteiger partial charge on any atom is 0.187 e. The van der Waals surface area contributed by atoms with Crippen LogP contribution < -0.4 is 0 Å². The number of hydrogen-bond donors (Lipinski definition) is 0. The summed E-state index contributed by atoms with van der Waals surface area (Å²) in [5.41, 5.74) is 0.737. The molecular formula is C14H16BrNO. The van der Waals surface area contributed by atoms with E-state index in [1.807, 2.05) is 30.5 Å². The molecule has 0 atom stereocenters. The van der Waals surface area contributed by atoms with E-state index in [-0.39, 0.29) is 5.78 Å². The van der Waals surface area contributed by atoms with Gasteiger partial charge in [-0.25, -0.2) is 0 Å². The van der Waals surface area contributed by atoms with Crippen LogP contribution in [0.25, 0.3) is 0 Å². The lowest BCUT2D eigenvalue weighted by molar-refractivity contribution is 0.104. The molecule has 1 aromatic carbocycles. The number of carbonyl (C=O) groups is 1. The second-order valence-corrected chi connectivity index (χ2v) is 5.20. The van der Waals surface area contributed by atoms with Gasteiger partial charge in [0.1, 0.15) is 0 Å². The first kappa shape index (κ1) is 12.4. The first-order chi connectivity index (χ1) is 8.25. The molecule has 0 bridgehead atoms. The maximum absolute atomic E-state index is 11.9. The highest BCUT2D eigenvalue weighted by molar-refractivity contribution is 9.10. The smallest absolute Gasteiger partial charge is 0.187 e. The number of hydrogen-bond acceptors (Lipinski definition) is 2. The van der Waals surface area contributed by atoms with Gasteiger partial charge in [-0.3, -0.25) is 4.79 Å². The molecule has 0 amide bonds. The van der Waals surface area contributed by atoms with Crippen molar-refractivity contribution in [3.8, 4) is 0 Å². The van der Waals surface area contributed by atoms with Crippen molar-refractivity contribution in [3.05, 3.63) is 46.6 Å². The maximum atomic E-state index is 11.9. The standard InChI is InChI=1S/C14H16BrNO/c15-13-6-4-12(5-7-13)14(17)8-11-16-9-2-1-3-10-16/h4-8,11H,1-3,9-10H2. The molecular weight excluding hydrogens is 278 g/mol. The van der Waals surface area contributed by atoms with Crippen LogP contribution in [0.4, 0.5) is 0 Å². The number of likely N-dealkylation sites (tertiary alicyclic amines) is 1. The fourth-order valence-electron chi connectivity index (χ4n) is 1.95. The lowest BCUT2D eigenvalue weighted by Crippen LogP contribution is -2.24. The average molecular weight is 294 g/mol. The van der Waals surface area contributed by atoms with Gasteiger partial charge in [0.25, 0.3) is 0 Å². The minimum Gasteiger partial charge on any atom is -0.377 e. The van der Waals surface area contributed by atoms with Crippen LogP contribution in [0.3, 0.4) is 0 Å². The van der Waals surface area contributed by atoms with Crippen LogP contribution in [0.1, 0.15) is 29.6 Å². The Morgan fingerprint density at radius 2 is 1.76 bits per heavy atom. The Kier molecular flexibility index (Phi) is 4.37. The Balaban J connectivity index is 1.96. The summed E-state index contributed by atoms with van der Waals surface area (Å²) in [5, 5.41) is 0. The van der Waals surface area contributed by atoms with Crippen LogP contribution in [0.2, 0.25) is 0 Å². The molecule has 1 aliphatic heterocycles. The van der Waals surface area contributed by atoms with Crippen molar-refractivity contribution in [1.29, 1.82) is 0 Å². The minimum absolute atomic E-state index is 0.0723. The number of rotatable bonds is 3. The summed E-state index contributed by atoms with van der Waals surface area (Å²) in [6.45, 7) is 2.15. The molecule has 3 heteroatoms. The van der Waals surface area contributed by atoms with E-state index in [2.05, 4.69) is 20.8 Å². The molecule has 1 aromatic rings. The van der Waals surface area contributed by atoms with E-state index in [1.54, 1.807) is 6.08 Å². The highest BCUT2D eigenvalue weighted by Crippen LogP contribution is 2.12. The van der Waals surface area contributed by atoms with Gasteiger partial charge >= 0.3 is 0 Å². The van der Waals surface area contributed by atoms with Crippen molar-refractivity contribution in [2.24, 2.45) is 0 Å². The predicted octanol–water partition coefficient (Wildman–Crippen LogP) is 3.63. The Bertz CT molecular complexity index is 405. The van der Waals surface area contributed by atoms with Gasteiger partial charge < -0.3 is 4.90 Å². The van der Waals surface area contributed by atoms with Gasteiger partial charge in [0, 0.05) is 35.4 Å². The Morgan fingerprint density at radius 1 is 1.12 bits per heavy atom. The van der Waals surface area contributed by atoms with E-state index in [0.717, 1.165) is 23.1 Å². The number of piperidine rings is 1. The van der Waals surface area contributed by atoms with Crippen LogP contribution >= 0.6 is 15.9 Å². The first-order valence-corrected chi connectivity index (χ1v) is 6.77. The van der Waals surface area contributed by atoms with E-state index in [4.69, 9.17) is 0 Å². The van der Waals surface area contributed by atoms with Crippen molar-refractivity contribution < 1.29 is 4.79 Å². The monoisotopic (exact) mass is 293 g/mol. The second kappa shape index (κ2) is 6.01. The number of allylic oxidation sites excluding steroid dienone is 1. The third-order valence-corrected chi connectivity index (χ3v) is 3.48. The number of ketones is 1. The summed E-state index contributed by atoms with van der Waals surface area (Å²) < 4.78 is 0.995. The lowest BCUT2D eigenvalue weighted by atomic mass is 10.1. The molecule has 0 aliphatic carbocycles. The van der Waals surface area contributed by atoms with Crippen LogP contribution in [0.5, 0.6) is 0 Å². The zero-order valence-electron chi connectivity index (χ0n) is 9.73. The fraction of sp³-hybridized carbons (Fsp3) is 0.357. The summed E-state index contributed by atoms with van der Waals surface area (Å²) in [7, 11) is 0. The van der Waals surface area contributed by atoms with Crippen molar-refractivity contribution in [3.63, 3.8) is 0 Å². The van der Waals surface area contributed by atoms with Gasteiger partial charge in [-0.05, 0) is 43.5 Å². The van der Waals surface area contributed by atoms with E-state index in [9.17, 15) is 4.79 Å². The third kappa shape index (κ3) is 3.70. The van der Waals surface area contributed by atoms with Crippen LogP contribution in [-0.4, -0.2) is 23.8 Å². The molecule has 2 rings (SSSR count). The molecule has 1 aliphatic rings. The predicted molar refractivity (Wildman–Crippen MR) is 73.0 cm³/mol. The molecule has 0 N–H and O–H groups in total. The molecule has 0 spiro atoms. The van der Waals surface area contributed by atoms with Crippen molar-refractivity contribution in [2.75, 3.05) is 13.1 Å². The SMILES string of the molecule is O=C(C=CN1CCCCC1)c1ccc(Br)cc1. The highest BCUT2D eigenvalue weighted by atomic mass is 79.9. The summed E-state index contributed by atoms with van der Waals surface area (Å²) >= 11 is 3.36. The zero-order valence-corrected chi connectivity index (χ0v) is 11.3. The normalized spacial score (nSPS) is 16.4. The molecule has 0 saturated carbocycles. The quantitative estimate of drug-likeness (QED) is 0.626. The molecule has 0 unspecified atom stereocenters. The van der Waals surface area contributed by atoms with Crippen LogP contribution in [0, 0.1) is 0 Å². The van der Waals surface area contributed by atoms with Crippen molar-refractivity contribution in [1.82, 2.24) is 4.90 Å². The molecule has 1 heterocycles. The summed E-state index contributed by atoms with van der Waals surface area (Å²) in [5.74, 6) is 0.0723. The Labute approximate surface area is 110 Å². The average Bonchev–Trinajstić information content (AvgIpc) is 2.38. The van der Waals surface area contributed by atoms with E-state index in [1.165, 1.54) is 19.3 Å². The first-order valence-electron chi connectivity index (χ1n) is 5.98.